The third-order valence-corrected chi connectivity index (χ3v) is 13.4. The Bertz CT molecular complexity index is 1450. The van der Waals surface area contributed by atoms with Crippen molar-refractivity contribution in [2.24, 2.45) is 11.3 Å². The Morgan fingerprint density at radius 2 is 1.78 bits per heavy atom. The minimum Gasteiger partial charge on any atom is -0.487 e. The van der Waals surface area contributed by atoms with Gasteiger partial charge in [0.25, 0.3) is 5.91 Å². The molecule has 1 N–H and O–H groups in total. The number of hydrogen-bond acceptors (Lipinski definition) is 8. The average Bonchev–Trinajstić information content (AvgIpc) is 3.31. The Labute approximate surface area is 270 Å². The van der Waals surface area contributed by atoms with Crippen molar-refractivity contribution in [3.8, 4) is 28.4 Å². The lowest BCUT2D eigenvalue weighted by atomic mass is 9.86. The molecule has 1 aliphatic heterocycles. The van der Waals surface area contributed by atoms with E-state index < -0.39 is 8.32 Å². The predicted octanol–water partition coefficient (Wildman–Crippen LogP) is 7.59. The van der Waals surface area contributed by atoms with E-state index >= 15 is 0 Å². The smallest absolute Gasteiger partial charge is 0.270 e. The molecule has 1 saturated heterocycles. The molecule has 45 heavy (non-hydrogen) atoms. The van der Waals surface area contributed by atoms with Gasteiger partial charge in [-0.1, -0.05) is 58.8 Å². The topological polar surface area (TPSA) is 109 Å². The van der Waals surface area contributed by atoms with Gasteiger partial charge in [-0.2, -0.15) is 0 Å². The molecule has 9 nitrogen and oxygen atoms in total. The van der Waals surface area contributed by atoms with Crippen molar-refractivity contribution >= 4 is 14.2 Å². The van der Waals surface area contributed by atoms with Crippen LogP contribution in [0.4, 0.5) is 0 Å². The van der Waals surface area contributed by atoms with Gasteiger partial charge in [0.05, 0.1) is 23.1 Å². The summed E-state index contributed by atoms with van der Waals surface area (Å²) in [6.07, 6.45) is 1.16. The maximum atomic E-state index is 13.4. The third kappa shape index (κ3) is 8.59. The van der Waals surface area contributed by atoms with Gasteiger partial charge in [0.2, 0.25) is 0 Å². The number of rotatable bonds is 10. The van der Waals surface area contributed by atoms with E-state index in [1.807, 2.05) is 38.1 Å². The molecule has 0 saturated carbocycles. The van der Waals surface area contributed by atoms with Crippen LogP contribution in [0, 0.1) is 32.1 Å². The first kappa shape index (κ1) is 34.8. The second kappa shape index (κ2) is 13.7. The van der Waals surface area contributed by atoms with Crippen LogP contribution in [0.15, 0.2) is 34.9 Å². The van der Waals surface area contributed by atoms with Gasteiger partial charge < -0.3 is 23.7 Å². The van der Waals surface area contributed by atoms with E-state index in [-0.39, 0.29) is 34.3 Å². The number of nitrogens with zero attached hydrogens (tertiary/aromatic N) is 3. The summed E-state index contributed by atoms with van der Waals surface area (Å²) in [5, 5.41) is 7.23. The molecule has 2 atom stereocenters. The van der Waals surface area contributed by atoms with E-state index in [0.717, 1.165) is 37.2 Å². The largest absolute Gasteiger partial charge is 0.487 e. The molecular weight excluding hydrogens is 584 g/mol. The first-order chi connectivity index (χ1) is 21.0. The van der Waals surface area contributed by atoms with Gasteiger partial charge in [-0.15, -0.1) is 0 Å². The molecule has 1 aliphatic rings. The SMILES string of the molecule is [CH2]C(O[Si](C)(C)C(C)(C)C)C(Oc1cccc(-c2nc(C(=O)NCC3CCOCC3)cc(-c3c(C)noc3C)n2)c1)C(C)(C)C. The molecule has 10 heteroatoms. The summed E-state index contributed by atoms with van der Waals surface area (Å²) in [5.74, 6) is 1.81. The molecule has 4 rings (SSSR count). The van der Waals surface area contributed by atoms with Crippen LogP contribution in [0.3, 0.4) is 0 Å². The van der Waals surface area contributed by atoms with E-state index in [4.69, 9.17) is 28.4 Å². The fourth-order valence-electron chi connectivity index (χ4n) is 5.23. The first-order valence-electron chi connectivity index (χ1n) is 15.9. The monoisotopic (exact) mass is 635 g/mol. The van der Waals surface area contributed by atoms with Crippen molar-refractivity contribution in [3.05, 3.63) is 54.4 Å². The van der Waals surface area contributed by atoms with Gasteiger partial charge >= 0.3 is 0 Å². The molecular formula is C35H51N4O5Si. The maximum Gasteiger partial charge on any atom is 0.270 e. The van der Waals surface area contributed by atoms with Crippen LogP contribution < -0.4 is 10.1 Å². The van der Waals surface area contributed by atoms with E-state index in [1.54, 1.807) is 6.07 Å². The number of ether oxygens (including phenoxy) is 2. The fraction of sp³-hybridized carbons (Fsp3) is 0.571. The minimum atomic E-state index is -2.09. The van der Waals surface area contributed by atoms with Crippen LogP contribution in [0.25, 0.3) is 22.6 Å². The van der Waals surface area contributed by atoms with Gasteiger partial charge in [0.1, 0.15) is 23.3 Å². The molecule has 1 radical (unpaired) electrons. The van der Waals surface area contributed by atoms with Crippen LogP contribution in [0.1, 0.15) is 76.3 Å². The lowest BCUT2D eigenvalue weighted by Gasteiger charge is -2.43. The van der Waals surface area contributed by atoms with E-state index in [2.05, 4.69) is 72.0 Å². The quantitative estimate of drug-likeness (QED) is 0.227. The second-order valence-electron chi connectivity index (χ2n) is 14.8. The molecule has 1 aromatic carbocycles. The van der Waals surface area contributed by atoms with Crippen LogP contribution in [-0.2, 0) is 9.16 Å². The van der Waals surface area contributed by atoms with Gasteiger partial charge in [-0.25, -0.2) is 9.97 Å². The summed E-state index contributed by atoms with van der Waals surface area (Å²) in [6, 6.07) is 9.36. The van der Waals surface area contributed by atoms with Gasteiger partial charge in [-0.05, 0) is 75.9 Å². The molecule has 245 valence electrons. The summed E-state index contributed by atoms with van der Waals surface area (Å²) < 4.78 is 24.2. The van der Waals surface area contributed by atoms with Gasteiger partial charge in [0.15, 0.2) is 14.1 Å². The summed E-state index contributed by atoms with van der Waals surface area (Å²) >= 11 is 0. The summed E-state index contributed by atoms with van der Waals surface area (Å²) in [5.41, 5.74) is 2.77. The highest BCUT2D eigenvalue weighted by Crippen LogP contribution is 2.39. The molecule has 0 aliphatic carbocycles. The van der Waals surface area contributed by atoms with Gasteiger partial charge in [-0.3, -0.25) is 4.79 Å². The predicted molar refractivity (Wildman–Crippen MR) is 180 cm³/mol. The summed E-state index contributed by atoms with van der Waals surface area (Å²) in [4.78, 5) is 23.0. The lowest BCUT2D eigenvalue weighted by Crippen LogP contribution is -2.50. The minimum absolute atomic E-state index is 0.0453. The number of amides is 1. The standard InChI is InChI=1S/C35H51N4O5Si/c1-22-30(23(2)43-39-22)28-20-29(33(40)36-21-25-15-17-41-18-16-25)38-32(37-28)26-13-12-14-27(19-26)42-31(34(4,5)6)24(3)44-45(10,11)35(7,8)9/h12-14,19-20,24-25,31H,3,15-18,21H2,1-2,4-11H3,(H,36,40). The van der Waals surface area contributed by atoms with E-state index in [0.29, 0.717) is 41.2 Å². The zero-order chi connectivity index (χ0) is 33.2. The average molecular weight is 636 g/mol. The zero-order valence-electron chi connectivity index (χ0n) is 28.7. The second-order valence-corrected chi connectivity index (χ2v) is 19.5. The lowest BCUT2D eigenvalue weighted by molar-refractivity contribution is 0.000980. The molecule has 2 unspecified atom stereocenters. The molecule has 3 aromatic rings. The Balaban J connectivity index is 1.67. The Hall–Kier alpha value is -3.08. The fourth-order valence-corrected chi connectivity index (χ4v) is 6.46. The number of benzene rings is 1. The van der Waals surface area contributed by atoms with Crippen molar-refractivity contribution in [1.82, 2.24) is 20.4 Å². The van der Waals surface area contributed by atoms with E-state index in [9.17, 15) is 4.79 Å². The highest BCUT2D eigenvalue weighted by Gasteiger charge is 2.42. The van der Waals surface area contributed by atoms with Crippen molar-refractivity contribution < 1.29 is 23.2 Å². The molecule has 1 amide bonds. The molecule has 0 bridgehead atoms. The number of carbonyl (C=O) groups excluding carboxylic acids is 1. The van der Waals surface area contributed by atoms with Crippen molar-refractivity contribution in [2.45, 2.75) is 98.6 Å². The van der Waals surface area contributed by atoms with Crippen LogP contribution in [0.2, 0.25) is 18.1 Å². The van der Waals surface area contributed by atoms with Crippen LogP contribution >= 0.6 is 0 Å². The Morgan fingerprint density at radius 1 is 1.09 bits per heavy atom. The molecule has 1 fully saturated rings. The number of aromatic nitrogens is 3. The zero-order valence-corrected chi connectivity index (χ0v) is 29.7. The van der Waals surface area contributed by atoms with Crippen molar-refractivity contribution in [2.75, 3.05) is 19.8 Å². The number of carbonyl (C=O) groups is 1. The maximum absolute atomic E-state index is 13.4. The number of aryl methyl sites for hydroxylation is 2. The first-order valence-corrected chi connectivity index (χ1v) is 18.8. The molecule has 0 spiro atoms. The summed E-state index contributed by atoms with van der Waals surface area (Å²) in [6.45, 7) is 27.7. The van der Waals surface area contributed by atoms with Crippen molar-refractivity contribution in [1.29, 1.82) is 0 Å². The summed E-state index contributed by atoms with van der Waals surface area (Å²) in [7, 11) is -2.09. The highest BCUT2D eigenvalue weighted by molar-refractivity contribution is 6.74. The van der Waals surface area contributed by atoms with Crippen LogP contribution in [0.5, 0.6) is 5.75 Å². The Morgan fingerprint density at radius 3 is 2.38 bits per heavy atom. The number of nitrogens with one attached hydrogen (secondary N) is 1. The van der Waals surface area contributed by atoms with Gasteiger partial charge in [0, 0.05) is 30.7 Å². The number of hydrogen-bond donors (Lipinski definition) is 1. The highest BCUT2D eigenvalue weighted by atomic mass is 28.4. The Kier molecular flexibility index (Phi) is 10.6. The molecule has 2 aromatic heterocycles. The normalized spacial score (nSPS) is 16.3. The van der Waals surface area contributed by atoms with Crippen molar-refractivity contribution in [3.63, 3.8) is 0 Å². The van der Waals surface area contributed by atoms with Crippen LogP contribution in [-0.4, -0.2) is 61.3 Å². The van der Waals surface area contributed by atoms with E-state index in [1.165, 1.54) is 0 Å². The molecule has 3 heterocycles. The third-order valence-electron chi connectivity index (χ3n) is 8.94.